The Hall–Kier alpha value is -2.08. The smallest absolute Gasteiger partial charge is 0.336 e. The van der Waals surface area contributed by atoms with Crippen LogP contribution in [0.4, 0.5) is 0 Å². The summed E-state index contributed by atoms with van der Waals surface area (Å²) < 4.78 is 7.35. The maximum Gasteiger partial charge on any atom is 0.336 e. The highest BCUT2D eigenvalue weighted by Gasteiger charge is 2.13. The van der Waals surface area contributed by atoms with Gasteiger partial charge in [0.15, 0.2) is 5.16 Å². The van der Waals surface area contributed by atoms with E-state index in [2.05, 4.69) is 37.0 Å². The SMILES string of the molecule is Cc1cc2oc(=O)cc(CSc3nnc(C)n3C)c2cc1C(C)C. The van der Waals surface area contributed by atoms with Crippen molar-refractivity contribution in [2.75, 3.05) is 0 Å². The van der Waals surface area contributed by atoms with E-state index < -0.39 is 0 Å². The van der Waals surface area contributed by atoms with Gasteiger partial charge < -0.3 is 8.98 Å². The van der Waals surface area contributed by atoms with Gasteiger partial charge in [-0.05, 0) is 48.6 Å². The topological polar surface area (TPSA) is 60.9 Å². The summed E-state index contributed by atoms with van der Waals surface area (Å²) in [5.41, 5.74) is 3.72. The highest BCUT2D eigenvalue weighted by atomic mass is 32.2. The van der Waals surface area contributed by atoms with Gasteiger partial charge in [-0.25, -0.2) is 4.79 Å². The zero-order valence-corrected chi connectivity index (χ0v) is 15.4. The Morgan fingerprint density at radius 2 is 1.96 bits per heavy atom. The van der Waals surface area contributed by atoms with Crippen molar-refractivity contribution < 1.29 is 4.42 Å². The fourth-order valence-electron chi connectivity index (χ4n) is 2.79. The number of aryl methyl sites for hydroxylation is 2. The summed E-state index contributed by atoms with van der Waals surface area (Å²) in [5, 5.41) is 10.1. The standard InChI is InChI=1S/C18H21N3O2S/c1-10(2)14-8-15-13(7-17(22)23-16(15)6-11(14)3)9-24-18-20-19-12(4)21(18)5/h6-8,10H,9H2,1-5H3. The second-order valence-electron chi connectivity index (χ2n) is 6.33. The van der Waals surface area contributed by atoms with Gasteiger partial charge in [0.1, 0.15) is 11.4 Å². The summed E-state index contributed by atoms with van der Waals surface area (Å²) in [6.45, 7) is 8.31. The monoisotopic (exact) mass is 343 g/mol. The molecule has 0 aliphatic rings. The molecule has 0 spiro atoms. The Bertz CT molecular complexity index is 957. The fraction of sp³-hybridized carbons (Fsp3) is 0.389. The van der Waals surface area contributed by atoms with E-state index in [0.29, 0.717) is 17.3 Å². The van der Waals surface area contributed by atoms with Crippen molar-refractivity contribution in [3.8, 4) is 0 Å². The Morgan fingerprint density at radius 3 is 2.58 bits per heavy atom. The predicted molar refractivity (Wildman–Crippen MR) is 96.6 cm³/mol. The van der Waals surface area contributed by atoms with Crippen molar-refractivity contribution in [3.63, 3.8) is 0 Å². The molecule has 0 aliphatic heterocycles. The molecule has 2 aromatic heterocycles. The first-order chi connectivity index (χ1) is 11.4. The first kappa shape index (κ1) is 16.8. The van der Waals surface area contributed by atoms with Gasteiger partial charge in [-0.2, -0.15) is 0 Å². The van der Waals surface area contributed by atoms with Crippen LogP contribution in [0.3, 0.4) is 0 Å². The van der Waals surface area contributed by atoms with Crippen molar-refractivity contribution in [1.29, 1.82) is 0 Å². The number of fused-ring (bicyclic) bond motifs is 1. The Morgan fingerprint density at radius 1 is 1.21 bits per heavy atom. The molecule has 0 unspecified atom stereocenters. The molecular formula is C18H21N3O2S. The van der Waals surface area contributed by atoms with Crippen molar-refractivity contribution in [2.24, 2.45) is 7.05 Å². The molecule has 3 aromatic rings. The van der Waals surface area contributed by atoms with Crippen molar-refractivity contribution in [2.45, 2.75) is 44.5 Å². The predicted octanol–water partition coefficient (Wildman–Crippen LogP) is 3.95. The largest absolute Gasteiger partial charge is 0.423 e. The van der Waals surface area contributed by atoms with Crippen LogP contribution in [0.1, 0.15) is 42.3 Å². The molecule has 0 bridgehead atoms. The van der Waals surface area contributed by atoms with Crippen LogP contribution in [0, 0.1) is 13.8 Å². The molecule has 0 radical (unpaired) electrons. The number of rotatable bonds is 4. The molecule has 2 heterocycles. The van der Waals surface area contributed by atoms with E-state index in [-0.39, 0.29) is 5.63 Å². The van der Waals surface area contributed by atoms with Crippen LogP contribution in [-0.2, 0) is 12.8 Å². The van der Waals surface area contributed by atoms with Crippen LogP contribution in [0.5, 0.6) is 0 Å². The second-order valence-corrected chi connectivity index (χ2v) is 7.27. The van der Waals surface area contributed by atoms with Gasteiger partial charge in [-0.15, -0.1) is 10.2 Å². The average molecular weight is 343 g/mol. The number of nitrogens with zero attached hydrogens (tertiary/aromatic N) is 3. The molecule has 0 N–H and O–H groups in total. The first-order valence-corrected chi connectivity index (χ1v) is 8.91. The molecule has 0 atom stereocenters. The van der Waals surface area contributed by atoms with E-state index in [9.17, 15) is 4.79 Å². The summed E-state index contributed by atoms with van der Waals surface area (Å²) >= 11 is 1.57. The van der Waals surface area contributed by atoms with E-state index in [1.54, 1.807) is 17.8 Å². The molecule has 0 aliphatic carbocycles. The molecular weight excluding hydrogens is 322 g/mol. The summed E-state index contributed by atoms with van der Waals surface area (Å²) in [4.78, 5) is 11.9. The van der Waals surface area contributed by atoms with Crippen LogP contribution < -0.4 is 5.63 Å². The van der Waals surface area contributed by atoms with Gasteiger partial charge in [-0.1, -0.05) is 25.6 Å². The van der Waals surface area contributed by atoms with Gasteiger partial charge in [0.25, 0.3) is 0 Å². The van der Waals surface area contributed by atoms with Gasteiger partial charge in [-0.3, -0.25) is 0 Å². The van der Waals surface area contributed by atoms with Crippen molar-refractivity contribution in [1.82, 2.24) is 14.8 Å². The number of hydrogen-bond acceptors (Lipinski definition) is 5. The first-order valence-electron chi connectivity index (χ1n) is 7.93. The summed E-state index contributed by atoms with van der Waals surface area (Å²) in [7, 11) is 1.94. The van der Waals surface area contributed by atoms with E-state index in [0.717, 1.165) is 27.5 Å². The zero-order chi connectivity index (χ0) is 17.4. The highest BCUT2D eigenvalue weighted by molar-refractivity contribution is 7.98. The molecule has 0 amide bonds. The quantitative estimate of drug-likeness (QED) is 0.530. The van der Waals surface area contributed by atoms with Gasteiger partial charge in [0.2, 0.25) is 0 Å². The van der Waals surface area contributed by atoms with E-state index in [1.165, 1.54) is 5.56 Å². The normalized spacial score (nSPS) is 11.6. The number of benzene rings is 1. The summed E-state index contributed by atoms with van der Waals surface area (Å²) in [5.74, 6) is 1.94. The zero-order valence-electron chi connectivity index (χ0n) is 14.6. The minimum atomic E-state index is -0.316. The second kappa shape index (κ2) is 6.43. The molecule has 126 valence electrons. The lowest BCUT2D eigenvalue weighted by Gasteiger charge is -2.13. The van der Waals surface area contributed by atoms with Crippen LogP contribution in [0.25, 0.3) is 11.0 Å². The van der Waals surface area contributed by atoms with Gasteiger partial charge in [0.05, 0.1) is 0 Å². The highest BCUT2D eigenvalue weighted by Crippen LogP contribution is 2.30. The molecule has 0 fully saturated rings. The Kier molecular flexibility index (Phi) is 4.49. The number of hydrogen-bond donors (Lipinski definition) is 0. The molecule has 6 heteroatoms. The Labute approximate surface area is 145 Å². The number of aromatic nitrogens is 3. The van der Waals surface area contributed by atoms with E-state index >= 15 is 0 Å². The third kappa shape index (κ3) is 3.11. The summed E-state index contributed by atoms with van der Waals surface area (Å²) in [6, 6.07) is 5.70. The van der Waals surface area contributed by atoms with Crippen LogP contribution in [0.2, 0.25) is 0 Å². The molecule has 0 saturated heterocycles. The summed E-state index contributed by atoms with van der Waals surface area (Å²) in [6.07, 6.45) is 0. The Balaban J connectivity index is 2.04. The number of thioether (sulfide) groups is 1. The fourth-order valence-corrected chi connectivity index (χ4v) is 3.74. The molecule has 5 nitrogen and oxygen atoms in total. The lowest BCUT2D eigenvalue weighted by Crippen LogP contribution is -2.02. The van der Waals surface area contributed by atoms with Crippen LogP contribution in [0.15, 0.2) is 32.6 Å². The van der Waals surface area contributed by atoms with Crippen LogP contribution in [-0.4, -0.2) is 14.8 Å². The van der Waals surface area contributed by atoms with E-state index in [4.69, 9.17) is 4.42 Å². The van der Waals surface area contributed by atoms with Gasteiger partial charge in [0, 0.05) is 24.3 Å². The third-order valence-electron chi connectivity index (χ3n) is 4.25. The third-order valence-corrected chi connectivity index (χ3v) is 5.32. The van der Waals surface area contributed by atoms with Crippen LogP contribution >= 0.6 is 11.8 Å². The maximum atomic E-state index is 11.9. The van der Waals surface area contributed by atoms with Crippen molar-refractivity contribution in [3.05, 3.63) is 51.1 Å². The lowest BCUT2D eigenvalue weighted by molar-refractivity contribution is 0.559. The molecule has 0 saturated carbocycles. The van der Waals surface area contributed by atoms with E-state index in [1.807, 2.05) is 24.6 Å². The van der Waals surface area contributed by atoms with Gasteiger partial charge >= 0.3 is 5.63 Å². The van der Waals surface area contributed by atoms with Crippen molar-refractivity contribution >= 4 is 22.7 Å². The molecule has 24 heavy (non-hydrogen) atoms. The molecule has 3 rings (SSSR count). The average Bonchev–Trinajstić information content (AvgIpc) is 2.83. The minimum Gasteiger partial charge on any atom is -0.423 e. The lowest BCUT2D eigenvalue weighted by atomic mass is 9.95. The molecule has 1 aromatic carbocycles. The minimum absolute atomic E-state index is 0.316. The maximum absolute atomic E-state index is 11.9.